The van der Waals surface area contributed by atoms with Crippen molar-refractivity contribution in [2.75, 3.05) is 6.61 Å². The second-order valence-corrected chi connectivity index (χ2v) is 12.1. The molecule has 5 rings (SSSR count). The Labute approximate surface area is 263 Å². The van der Waals surface area contributed by atoms with E-state index in [0.717, 1.165) is 127 Å². The van der Waals surface area contributed by atoms with Crippen LogP contribution in [0.1, 0.15) is 130 Å². The largest absolute Gasteiger partial charge is 0.392 e. The molecule has 0 saturated carbocycles. The van der Waals surface area contributed by atoms with Crippen LogP contribution in [0.3, 0.4) is 0 Å². The fourth-order valence-electron chi connectivity index (χ4n) is 6.34. The Bertz CT molecular complexity index is 1700. The molecular weight excluding hydrogens is 540 g/mol. The van der Waals surface area contributed by atoms with Crippen LogP contribution >= 0.6 is 0 Å². The number of nitrogens with one attached hydrogen (secondary N) is 2. The molecule has 3 aromatic heterocycles. The highest BCUT2D eigenvalue weighted by molar-refractivity contribution is 5.87. The Balaban J connectivity index is 1.95. The van der Waals surface area contributed by atoms with Gasteiger partial charge in [0.15, 0.2) is 0 Å². The van der Waals surface area contributed by atoms with Crippen LogP contribution < -0.4 is 0 Å². The molecule has 2 aliphatic heterocycles. The highest BCUT2D eigenvalue weighted by atomic mass is 16.2. The topological polar surface area (TPSA) is 77.6 Å². The quantitative estimate of drug-likeness (QED) is 0.120. The number of aromatic amines is 2. The summed E-state index contributed by atoms with van der Waals surface area (Å²) in [6, 6.07) is 6.75. The molecule has 3 N–H and O–H groups in total. The Kier molecular flexibility index (Phi) is 11.1. The standard InChI is InChI=1S/C39H50N4O/c1-5-9-15-28-32-19-20-33(40-32)29(16-10-6-2)35-23-24-37(42-35)31(18-12-8-4)39-27(14-13-25-44)26-38(43-39)30(17-11-7-3)36-22-21-34(28)41-36/h13-14,19-24,26,40,43-44H,5-12,15-18,25H2,1-4H3. The van der Waals surface area contributed by atoms with Crippen LogP contribution in [0.5, 0.6) is 0 Å². The molecule has 0 amide bonds. The number of nitrogens with zero attached hydrogens (tertiary/aromatic N) is 2. The zero-order valence-electron chi connectivity index (χ0n) is 27.2. The smallest absolute Gasteiger partial charge is 0.0690 e. The predicted molar refractivity (Wildman–Crippen MR) is 189 cm³/mol. The number of unbranched alkanes of at least 4 members (excludes halogenated alkanes) is 4. The minimum Gasteiger partial charge on any atom is -0.392 e. The number of hydrogen-bond acceptors (Lipinski definition) is 3. The number of aliphatic hydroxyl groups is 1. The van der Waals surface area contributed by atoms with Crippen LogP contribution in [0, 0.1) is 0 Å². The van der Waals surface area contributed by atoms with Crippen LogP contribution in [-0.4, -0.2) is 31.6 Å². The van der Waals surface area contributed by atoms with E-state index in [2.05, 4.69) is 86.2 Å². The SMILES string of the molecule is CCCCc1c2nc(c(CCCC)c3cc(C=CCO)c([nH]3)c(CCCC)c3nc(c(CCCC)c4ccc1[nH]4)C=C3)C=C2. The van der Waals surface area contributed by atoms with Gasteiger partial charge in [0, 0.05) is 44.4 Å². The Morgan fingerprint density at radius 1 is 0.591 bits per heavy atom. The lowest BCUT2D eigenvalue weighted by atomic mass is 10.0. The van der Waals surface area contributed by atoms with Gasteiger partial charge in [-0.05, 0) is 93.9 Å². The lowest BCUT2D eigenvalue weighted by molar-refractivity contribution is 0.343. The number of aliphatic hydroxyl groups excluding tert-OH is 1. The van der Waals surface area contributed by atoms with Gasteiger partial charge in [0.2, 0.25) is 0 Å². The first-order valence-corrected chi connectivity index (χ1v) is 17.0. The second-order valence-electron chi connectivity index (χ2n) is 12.1. The van der Waals surface area contributed by atoms with E-state index in [4.69, 9.17) is 9.97 Å². The second kappa shape index (κ2) is 15.3. The fourth-order valence-corrected chi connectivity index (χ4v) is 6.34. The molecular formula is C39H50N4O. The van der Waals surface area contributed by atoms with Crippen molar-refractivity contribution in [1.29, 1.82) is 0 Å². The maximum Gasteiger partial charge on any atom is 0.0690 e. The molecule has 44 heavy (non-hydrogen) atoms. The van der Waals surface area contributed by atoms with Crippen LogP contribution in [0.15, 0.2) is 24.3 Å². The van der Waals surface area contributed by atoms with E-state index in [0.29, 0.717) is 0 Å². The first-order chi connectivity index (χ1) is 21.6. The zero-order chi connectivity index (χ0) is 30.9. The molecule has 0 fully saturated rings. The van der Waals surface area contributed by atoms with Crippen molar-refractivity contribution in [3.63, 3.8) is 0 Å². The number of rotatable bonds is 14. The summed E-state index contributed by atoms with van der Waals surface area (Å²) < 4.78 is 0. The third-order valence-corrected chi connectivity index (χ3v) is 8.85. The van der Waals surface area contributed by atoms with Gasteiger partial charge in [-0.3, -0.25) is 0 Å². The molecule has 232 valence electrons. The summed E-state index contributed by atoms with van der Waals surface area (Å²) in [5.74, 6) is 0. The number of fused-ring (bicyclic) bond motifs is 8. The molecule has 5 nitrogen and oxygen atoms in total. The lowest BCUT2D eigenvalue weighted by Gasteiger charge is -2.06. The van der Waals surface area contributed by atoms with Gasteiger partial charge in [0.25, 0.3) is 0 Å². The number of H-pyrrole nitrogens is 2. The maximum absolute atomic E-state index is 9.71. The number of aryl methyl sites for hydroxylation is 4. The van der Waals surface area contributed by atoms with E-state index in [1.54, 1.807) is 0 Å². The van der Waals surface area contributed by atoms with Crippen molar-refractivity contribution >= 4 is 52.4 Å². The van der Waals surface area contributed by atoms with Crippen LogP contribution in [0.4, 0.5) is 0 Å². The van der Waals surface area contributed by atoms with Gasteiger partial charge in [-0.15, -0.1) is 0 Å². The van der Waals surface area contributed by atoms with Crippen LogP contribution in [0.2, 0.25) is 0 Å². The van der Waals surface area contributed by atoms with Crippen molar-refractivity contribution in [3.05, 3.63) is 74.9 Å². The number of hydrogen-bond donors (Lipinski definition) is 3. The normalized spacial score (nSPS) is 12.7. The molecule has 2 aliphatic rings. The van der Waals surface area contributed by atoms with Gasteiger partial charge in [-0.1, -0.05) is 65.5 Å². The first kappa shape index (κ1) is 31.7. The summed E-state index contributed by atoms with van der Waals surface area (Å²) in [6.45, 7) is 9.00. The van der Waals surface area contributed by atoms with E-state index in [1.807, 2.05) is 6.08 Å². The highest BCUT2D eigenvalue weighted by Crippen LogP contribution is 2.31. The van der Waals surface area contributed by atoms with Crippen molar-refractivity contribution in [3.8, 4) is 0 Å². The Morgan fingerprint density at radius 3 is 1.48 bits per heavy atom. The predicted octanol–water partition coefficient (Wildman–Crippen LogP) is 10.0. The third-order valence-electron chi connectivity index (χ3n) is 8.85. The maximum atomic E-state index is 9.71. The molecule has 3 aromatic rings. The summed E-state index contributed by atoms with van der Waals surface area (Å²) in [5, 5.41) is 9.71. The van der Waals surface area contributed by atoms with Crippen molar-refractivity contribution in [2.24, 2.45) is 0 Å². The Morgan fingerprint density at radius 2 is 1.02 bits per heavy atom. The Hall–Kier alpha value is -3.70. The molecule has 0 aliphatic carbocycles. The molecule has 0 aromatic carbocycles. The minimum atomic E-state index is 0.00722. The monoisotopic (exact) mass is 590 g/mol. The molecule has 0 unspecified atom stereocenters. The molecule has 0 radical (unpaired) electrons. The summed E-state index contributed by atoms with van der Waals surface area (Å²) in [4.78, 5) is 18.4. The summed E-state index contributed by atoms with van der Waals surface area (Å²) in [7, 11) is 0. The van der Waals surface area contributed by atoms with Crippen LogP contribution in [-0.2, 0) is 25.7 Å². The van der Waals surface area contributed by atoms with Gasteiger partial charge >= 0.3 is 0 Å². The summed E-state index contributed by atoms with van der Waals surface area (Å²) >= 11 is 0. The van der Waals surface area contributed by atoms with Gasteiger partial charge in [-0.25, -0.2) is 9.97 Å². The first-order valence-electron chi connectivity index (χ1n) is 17.0. The van der Waals surface area contributed by atoms with E-state index in [9.17, 15) is 5.11 Å². The van der Waals surface area contributed by atoms with E-state index in [-0.39, 0.29) is 6.61 Å². The molecule has 5 heterocycles. The average Bonchev–Trinajstić information content (AvgIpc) is 3.85. The van der Waals surface area contributed by atoms with Crippen molar-refractivity contribution in [1.82, 2.24) is 19.9 Å². The van der Waals surface area contributed by atoms with Crippen molar-refractivity contribution < 1.29 is 5.11 Å². The van der Waals surface area contributed by atoms with Crippen molar-refractivity contribution in [2.45, 2.75) is 105 Å². The summed E-state index contributed by atoms with van der Waals surface area (Å²) in [5.41, 5.74) is 14.9. The van der Waals surface area contributed by atoms with Gasteiger partial charge in [0.1, 0.15) is 0 Å². The fraction of sp³-hybridized carbons (Fsp3) is 0.436. The lowest BCUT2D eigenvalue weighted by Crippen LogP contribution is -1.95. The molecule has 0 atom stereocenters. The zero-order valence-corrected chi connectivity index (χ0v) is 27.2. The summed E-state index contributed by atoms with van der Waals surface area (Å²) in [6.07, 6.45) is 25.5. The molecule has 0 saturated heterocycles. The molecule has 0 spiro atoms. The van der Waals surface area contributed by atoms with Crippen LogP contribution in [0.25, 0.3) is 52.4 Å². The van der Waals surface area contributed by atoms with E-state index < -0.39 is 0 Å². The highest BCUT2D eigenvalue weighted by Gasteiger charge is 2.17. The third kappa shape index (κ3) is 6.99. The van der Waals surface area contributed by atoms with E-state index >= 15 is 0 Å². The van der Waals surface area contributed by atoms with Gasteiger partial charge in [0.05, 0.1) is 34.9 Å². The van der Waals surface area contributed by atoms with Gasteiger partial charge < -0.3 is 15.1 Å². The average molecular weight is 591 g/mol. The molecule has 5 heteroatoms. The molecule has 8 bridgehead atoms. The van der Waals surface area contributed by atoms with E-state index in [1.165, 1.54) is 22.3 Å². The van der Waals surface area contributed by atoms with Gasteiger partial charge in [-0.2, -0.15) is 0 Å². The minimum absolute atomic E-state index is 0.00722. The number of aromatic nitrogens is 4.